The van der Waals surface area contributed by atoms with Crippen molar-refractivity contribution in [3.63, 3.8) is 0 Å². The standard InChI is InChI=1S/C24H29ClF3NO2/c1-22(29(2)3)15-17(12-16-6-5-7-19(13-16)31-4)10-11-23(22,30)18-8-9-21(25)20(14-18)24(26,27)28/h5-9,13-14,17,30H,10-12,15H2,1-4H3. The Labute approximate surface area is 186 Å². The maximum absolute atomic E-state index is 13.5. The lowest BCUT2D eigenvalue weighted by atomic mass is 9.62. The highest BCUT2D eigenvalue weighted by Crippen LogP contribution is 2.50. The molecule has 31 heavy (non-hydrogen) atoms. The first-order valence-corrected chi connectivity index (χ1v) is 10.7. The van der Waals surface area contributed by atoms with Crippen LogP contribution in [0.1, 0.15) is 42.9 Å². The number of benzene rings is 2. The van der Waals surface area contributed by atoms with Gasteiger partial charge in [-0.15, -0.1) is 0 Å². The van der Waals surface area contributed by atoms with E-state index in [1.165, 1.54) is 12.1 Å². The molecule has 1 fully saturated rings. The van der Waals surface area contributed by atoms with Crippen LogP contribution < -0.4 is 4.74 Å². The summed E-state index contributed by atoms with van der Waals surface area (Å²) in [5.41, 5.74) is -1.72. The average molecular weight is 456 g/mol. The van der Waals surface area contributed by atoms with Crippen LogP contribution in [-0.4, -0.2) is 36.8 Å². The maximum atomic E-state index is 13.5. The van der Waals surface area contributed by atoms with Crippen molar-refractivity contribution in [3.05, 3.63) is 64.2 Å². The van der Waals surface area contributed by atoms with Gasteiger partial charge in [0, 0.05) is 0 Å². The zero-order valence-electron chi connectivity index (χ0n) is 18.3. The number of alkyl halides is 3. The zero-order chi connectivity index (χ0) is 23.0. The van der Waals surface area contributed by atoms with Crippen molar-refractivity contribution < 1.29 is 23.0 Å². The summed E-state index contributed by atoms with van der Waals surface area (Å²) in [5.74, 6) is 1.06. The van der Waals surface area contributed by atoms with Gasteiger partial charge >= 0.3 is 6.18 Å². The summed E-state index contributed by atoms with van der Waals surface area (Å²) in [5, 5.41) is 11.4. The fourth-order valence-corrected chi connectivity index (χ4v) is 5.05. The van der Waals surface area contributed by atoms with Crippen LogP contribution in [0.25, 0.3) is 0 Å². The van der Waals surface area contributed by atoms with Gasteiger partial charge in [-0.3, -0.25) is 0 Å². The number of hydrogen-bond acceptors (Lipinski definition) is 3. The number of likely N-dealkylation sites (N-methyl/N-ethyl adjacent to an activating group) is 1. The molecule has 1 aliphatic rings. The quantitative estimate of drug-likeness (QED) is 0.607. The number of nitrogens with zero attached hydrogens (tertiary/aromatic N) is 1. The van der Waals surface area contributed by atoms with Crippen molar-refractivity contribution in [1.82, 2.24) is 4.90 Å². The Kier molecular flexibility index (Phi) is 6.66. The highest BCUT2D eigenvalue weighted by atomic mass is 35.5. The molecule has 0 heterocycles. The van der Waals surface area contributed by atoms with Gasteiger partial charge in [0.1, 0.15) is 11.4 Å². The third-order valence-electron chi connectivity index (χ3n) is 6.89. The smallest absolute Gasteiger partial charge is 0.417 e. The van der Waals surface area contributed by atoms with Gasteiger partial charge in [-0.25, -0.2) is 0 Å². The second-order valence-electron chi connectivity index (χ2n) is 8.89. The van der Waals surface area contributed by atoms with Crippen LogP contribution in [0, 0.1) is 5.92 Å². The van der Waals surface area contributed by atoms with E-state index in [0.29, 0.717) is 19.3 Å². The van der Waals surface area contributed by atoms with Crippen molar-refractivity contribution >= 4 is 11.6 Å². The number of methoxy groups -OCH3 is 1. The van der Waals surface area contributed by atoms with Crippen LogP contribution in [0.2, 0.25) is 5.02 Å². The Balaban J connectivity index is 1.94. The van der Waals surface area contributed by atoms with Crippen LogP contribution in [0.5, 0.6) is 5.75 Å². The molecule has 3 rings (SSSR count). The lowest BCUT2D eigenvalue weighted by Crippen LogP contribution is -2.61. The van der Waals surface area contributed by atoms with Crippen LogP contribution >= 0.6 is 11.6 Å². The number of halogens is 4. The molecule has 0 bridgehead atoms. The highest BCUT2D eigenvalue weighted by Gasteiger charge is 2.53. The van der Waals surface area contributed by atoms with Crippen molar-refractivity contribution in [2.45, 2.75) is 49.9 Å². The van der Waals surface area contributed by atoms with Crippen LogP contribution in [-0.2, 0) is 18.2 Å². The lowest BCUT2D eigenvalue weighted by Gasteiger charge is -2.55. The molecule has 0 amide bonds. The summed E-state index contributed by atoms with van der Waals surface area (Å²) in [7, 11) is 5.35. The summed E-state index contributed by atoms with van der Waals surface area (Å²) in [6, 6.07) is 11.6. The summed E-state index contributed by atoms with van der Waals surface area (Å²) in [6.45, 7) is 1.92. The molecule has 170 valence electrons. The fraction of sp³-hybridized carbons (Fsp3) is 0.500. The van der Waals surface area contributed by atoms with Gasteiger partial charge in [0.2, 0.25) is 0 Å². The van der Waals surface area contributed by atoms with E-state index >= 15 is 0 Å². The third kappa shape index (κ3) is 4.57. The Morgan fingerprint density at radius 3 is 2.52 bits per heavy atom. The average Bonchev–Trinajstić information content (AvgIpc) is 2.70. The van der Waals surface area contributed by atoms with Crippen molar-refractivity contribution in [2.75, 3.05) is 21.2 Å². The third-order valence-corrected chi connectivity index (χ3v) is 7.22. The topological polar surface area (TPSA) is 32.7 Å². The van der Waals surface area contributed by atoms with Gasteiger partial charge in [0.05, 0.1) is 23.2 Å². The number of ether oxygens (including phenoxy) is 1. The molecule has 0 spiro atoms. The van der Waals surface area contributed by atoms with Crippen LogP contribution in [0.4, 0.5) is 13.2 Å². The first-order valence-electron chi connectivity index (χ1n) is 10.3. The first kappa shape index (κ1) is 23.9. The Morgan fingerprint density at radius 2 is 1.90 bits per heavy atom. The van der Waals surface area contributed by atoms with E-state index in [0.717, 1.165) is 23.8 Å². The van der Waals surface area contributed by atoms with E-state index in [4.69, 9.17) is 16.3 Å². The molecule has 1 N–H and O–H groups in total. The van der Waals surface area contributed by atoms with E-state index in [9.17, 15) is 18.3 Å². The molecule has 3 nitrogen and oxygen atoms in total. The molecular weight excluding hydrogens is 427 g/mol. The molecule has 3 atom stereocenters. The van der Waals surface area contributed by atoms with Gasteiger partial charge in [0.15, 0.2) is 0 Å². The van der Waals surface area contributed by atoms with Gasteiger partial charge in [-0.2, -0.15) is 13.2 Å². The summed E-state index contributed by atoms with van der Waals surface area (Å²) in [4.78, 5) is 1.92. The van der Waals surface area contributed by atoms with E-state index in [-0.39, 0.29) is 16.5 Å². The van der Waals surface area contributed by atoms with E-state index in [1.54, 1.807) is 7.11 Å². The Bertz CT molecular complexity index is 933. The van der Waals surface area contributed by atoms with E-state index in [1.807, 2.05) is 50.2 Å². The lowest BCUT2D eigenvalue weighted by molar-refractivity contribution is -0.141. The molecule has 2 aromatic carbocycles. The minimum atomic E-state index is -4.58. The fourth-order valence-electron chi connectivity index (χ4n) is 4.83. The number of aliphatic hydroxyl groups is 1. The predicted molar refractivity (Wildman–Crippen MR) is 116 cm³/mol. The monoisotopic (exact) mass is 455 g/mol. The van der Waals surface area contributed by atoms with Gasteiger partial charge < -0.3 is 14.7 Å². The summed E-state index contributed by atoms with van der Waals surface area (Å²) in [6.07, 6.45) is -2.08. The first-order chi connectivity index (χ1) is 14.4. The molecular formula is C24H29ClF3NO2. The summed E-state index contributed by atoms with van der Waals surface area (Å²) >= 11 is 5.81. The number of hydrogen-bond donors (Lipinski definition) is 1. The molecule has 3 unspecified atom stereocenters. The SMILES string of the molecule is COc1cccc(CC2CCC(O)(c3ccc(Cl)c(C(F)(F)F)c3)C(C)(N(C)C)C2)c1. The van der Waals surface area contributed by atoms with E-state index < -0.39 is 22.9 Å². The van der Waals surface area contributed by atoms with Crippen molar-refractivity contribution in [1.29, 1.82) is 0 Å². The highest BCUT2D eigenvalue weighted by molar-refractivity contribution is 6.31. The second kappa shape index (κ2) is 8.64. The van der Waals surface area contributed by atoms with Gasteiger partial charge in [-0.05, 0) is 88.0 Å². The Hall–Kier alpha value is -1.76. The minimum Gasteiger partial charge on any atom is -0.497 e. The normalized spacial score (nSPS) is 26.8. The second-order valence-corrected chi connectivity index (χ2v) is 9.29. The summed E-state index contributed by atoms with van der Waals surface area (Å²) < 4.78 is 45.7. The molecule has 7 heteroatoms. The van der Waals surface area contributed by atoms with Gasteiger partial charge in [-0.1, -0.05) is 29.8 Å². The Morgan fingerprint density at radius 1 is 1.19 bits per heavy atom. The molecule has 0 aromatic heterocycles. The van der Waals surface area contributed by atoms with Crippen molar-refractivity contribution in [2.24, 2.45) is 5.92 Å². The largest absolute Gasteiger partial charge is 0.497 e. The van der Waals surface area contributed by atoms with Gasteiger partial charge in [0.25, 0.3) is 0 Å². The molecule has 1 aliphatic carbocycles. The molecule has 2 aromatic rings. The molecule has 0 aliphatic heterocycles. The number of rotatable bonds is 5. The van der Waals surface area contributed by atoms with Crippen LogP contribution in [0.15, 0.2) is 42.5 Å². The molecule has 1 saturated carbocycles. The molecule has 0 radical (unpaired) electrons. The predicted octanol–water partition coefficient (Wildman–Crippen LogP) is 5.92. The minimum absolute atomic E-state index is 0.250. The maximum Gasteiger partial charge on any atom is 0.417 e. The molecule has 0 saturated heterocycles. The van der Waals surface area contributed by atoms with Crippen molar-refractivity contribution in [3.8, 4) is 5.75 Å². The van der Waals surface area contributed by atoms with E-state index in [2.05, 4.69) is 0 Å². The zero-order valence-corrected chi connectivity index (χ0v) is 19.0. The van der Waals surface area contributed by atoms with Crippen LogP contribution in [0.3, 0.4) is 0 Å².